The summed E-state index contributed by atoms with van der Waals surface area (Å²) in [5, 5.41) is 6.89. The summed E-state index contributed by atoms with van der Waals surface area (Å²) < 4.78 is 0. The van der Waals surface area contributed by atoms with Crippen LogP contribution in [0.15, 0.2) is 0 Å². The highest BCUT2D eigenvalue weighted by molar-refractivity contribution is 5.32. The van der Waals surface area contributed by atoms with Crippen LogP contribution >= 0.6 is 0 Å². The highest BCUT2D eigenvalue weighted by Gasteiger charge is 2.05. The second-order valence-corrected chi connectivity index (χ2v) is 3.73. The zero-order valence-electron chi connectivity index (χ0n) is 10.9. The third kappa shape index (κ3) is 15.8. The first kappa shape index (κ1) is 17.8. The van der Waals surface area contributed by atoms with Gasteiger partial charge in [0, 0.05) is 6.54 Å². The van der Waals surface area contributed by atoms with Gasteiger partial charge in [0.2, 0.25) is 0 Å². The summed E-state index contributed by atoms with van der Waals surface area (Å²) in [5.41, 5.74) is 2.98. The van der Waals surface area contributed by atoms with Gasteiger partial charge in [-0.2, -0.15) is 0 Å². The normalized spacial score (nSPS) is 11.4. The molecule has 16 heavy (non-hydrogen) atoms. The van der Waals surface area contributed by atoms with Crippen LogP contribution in [-0.4, -0.2) is 24.7 Å². The molecule has 98 valence electrons. The van der Waals surface area contributed by atoms with Crippen LogP contribution in [-0.2, 0) is 9.63 Å². The zero-order chi connectivity index (χ0) is 12.6. The summed E-state index contributed by atoms with van der Waals surface area (Å²) >= 11 is 0. The molecule has 0 rings (SSSR count). The molecule has 1 atom stereocenters. The first-order valence-corrected chi connectivity index (χ1v) is 6.19. The molecule has 2 N–H and O–H groups in total. The van der Waals surface area contributed by atoms with Gasteiger partial charge in [0.25, 0.3) is 6.47 Å². The van der Waals surface area contributed by atoms with E-state index in [9.17, 15) is 0 Å². The Bertz CT molecular complexity index is 131. The minimum atomic E-state index is -0.250. The minimum absolute atomic E-state index is 0.250. The van der Waals surface area contributed by atoms with E-state index in [0.717, 1.165) is 25.5 Å². The molecule has 0 aromatic carbocycles. The highest BCUT2D eigenvalue weighted by Crippen LogP contribution is 2.11. The van der Waals surface area contributed by atoms with Gasteiger partial charge in [0.15, 0.2) is 0 Å². The average Bonchev–Trinajstić information content (AvgIpc) is 2.29. The SMILES string of the molecule is CCCCC(CC)CONCCC.O=CO. The Kier molecular flexibility index (Phi) is 18.7. The van der Waals surface area contributed by atoms with E-state index in [4.69, 9.17) is 14.7 Å². The van der Waals surface area contributed by atoms with Gasteiger partial charge in [0.1, 0.15) is 0 Å². The summed E-state index contributed by atoms with van der Waals surface area (Å²) in [4.78, 5) is 13.7. The molecule has 0 radical (unpaired) electrons. The average molecular weight is 233 g/mol. The molecule has 4 heteroatoms. The van der Waals surface area contributed by atoms with Gasteiger partial charge in [-0.15, -0.1) is 0 Å². The van der Waals surface area contributed by atoms with E-state index in [1.54, 1.807) is 0 Å². The van der Waals surface area contributed by atoms with Crippen LogP contribution in [0.3, 0.4) is 0 Å². The largest absolute Gasteiger partial charge is 0.483 e. The van der Waals surface area contributed by atoms with Crippen LogP contribution in [0, 0.1) is 5.92 Å². The van der Waals surface area contributed by atoms with E-state index < -0.39 is 0 Å². The van der Waals surface area contributed by atoms with Crippen molar-refractivity contribution in [2.45, 2.75) is 52.9 Å². The number of hydroxylamine groups is 1. The van der Waals surface area contributed by atoms with Gasteiger partial charge < -0.3 is 9.94 Å². The van der Waals surface area contributed by atoms with E-state index in [0.29, 0.717) is 0 Å². The van der Waals surface area contributed by atoms with Crippen molar-refractivity contribution in [3.05, 3.63) is 0 Å². The molecule has 1 unspecified atom stereocenters. The van der Waals surface area contributed by atoms with Crippen molar-refractivity contribution >= 4 is 6.47 Å². The Morgan fingerprint density at radius 1 is 1.31 bits per heavy atom. The lowest BCUT2D eigenvalue weighted by Gasteiger charge is -2.14. The predicted octanol–water partition coefficient (Wildman–Crippen LogP) is 2.83. The van der Waals surface area contributed by atoms with Gasteiger partial charge in [-0.3, -0.25) is 4.79 Å². The van der Waals surface area contributed by atoms with Crippen LogP contribution in [0.1, 0.15) is 52.9 Å². The van der Waals surface area contributed by atoms with E-state index >= 15 is 0 Å². The van der Waals surface area contributed by atoms with Crippen LogP contribution in [0.2, 0.25) is 0 Å². The Hall–Kier alpha value is -0.610. The number of carbonyl (C=O) groups is 1. The fourth-order valence-electron chi connectivity index (χ4n) is 1.25. The van der Waals surface area contributed by atoms with Crippen molar-refractivity contribution < 1.29 is 14.7 Å². The Labute approximate surface area is 99.3 Å². The van der Waals surface area contributed by atoms with Crippen molar-refractivity contribution in [3.8, 4) is 0 Å². The molecule has 0 spiro atoms. The molecular weight excluding hydrogens is 206 g/mol. The molecule has 0 aromatic heterocycles. The van der Waals surface area contributed by atoms with Crippen molar-refractivity contribution in [3.63, 3.8) is 0 Å². The Balaban J connectivity index is 0. The van der Waals surface area contributed by atoms with Crippen molar-refractivity contribution in [2.75, 3.05) is 13.2 Å². The molecule has 0 heterocycles. The molecule has 0 aliphatic rings. The number of rotatable bonds is 9. The number of unbranched alkanes of at least 4 members (excludes halogenated alkanes) is 1. The number of carboxylic acid groups (broad SMARTS) is 1. The third-order valence-corrected chi connectivity index (χ3v) is 2.32. The van der Waals surface area contributed by atoms with Gasteiger partial charge >= 0.3 is 0 Å². The van der Waals surface area contributed by atoms with E-state index in [1.807, 2.05) is 0 Å². The summed E-state index contributed by atoms with van der Waals surface area (Å²) in [5.74, 6) is 0.740. The molecule has 0 saturated carbocycles. The maximum absolute atomic E-state index is 8.36. The summed E-state index contributed by atoms with van der Waals surface area (Å²) in [7, 11) is 0. The summed E-state index contributed by atoms with van der Waals surface area (Å²) in [6.07, 6.45) is 6.29. The monoisotopic (exact) mass is 233 g/mol. The zero-order valence-corrected chi connectivity index (χ0v) is 10.9. The fourth-order valence-corrected chi connectivity index (χ4v) is 1.25. The number of hydrogen-bond acceptors (Lipinski definition) is 3. The molecule has 0 fully saturated rings. The molecule has 0 aliphatic heterocycles. The summed E-state index contributed by atoms with van der Waals surface area (Å²) in [6.45, 7) is 8.21. The molecule has 0 amide bonds. The maximum Gasteiger partial charge on any atom is 0.290 e. The highest BCUT2D eigenvalue weighted by atomic mass is 16.6. The quantitative estimate of drug-likeness (QED) is 0.365. The van der Waals surface area contributed by atoms with Crippen LogP contribution < -0.4 is 5.48 Å². The molecular formula is C12H27NO3. The predicted molar refractivity (Wildman–Crippen MR) is 66.2 cm³/mol. The lowest BCUT2D eigenvalue weighted by molar-refractivity contribution is -0.122. The molecule has 0 aliphatic carbocycles. The summed E-state index contributed by atoms with van der Waals surface area (Å²) in [6, 6.07) is 0. The van der Waals surface area contributed by atoms with Crippen molar-refractivity contribution in [2.24, 2.45) is 5.92 Å². The van der Waals surface area contributed by atoms with Gasteiger partial charge in [0.05, 0.1) is 6.61 Å². The Morgan fingerprint density at radius 2 is 1.94 bits per heavy atom. The van der Waals surface area contributed by atoms with Crippen LogP contribution in [0.5, 0.6) is 0 Å². The fraction of sp³-hybridized carbons (Fsp3) is 0.917. The topological polar surface area (TPSA) is 58.6 Å². The molecule has 0 aromatic rings. The lowest BCUT2D eigenvalue weighted by Crippen LogP contribution is -2.20. The van der Waals surface area contributed by atoms with Crippen LogP contribution in [0.25, 0.3) is 0 Å². The Morgan fingerprint density at radius 3 is 2.38 bits per heavy atom. The lowest BCUT2D eigenvalue weighted by atomic mass is 10.0. The second kappa shape index (κ2) is 16.8. The smallest absolute Gasteiger partial charge is 0.290 e. The van der Waals surface area contributed by atoms with E-state index in [-0.39, 0.29) is 6.47 Å². The molecule has 0 saturated heterocycles. The third-order valence-electron chi connectivity index (χ3n) is 2.32. The van der Waals surface area contributed by atoms with E-state index in [1.165, 1.54) is 25.7 Å². The van der Waals surface area contributed by atoms with Gasteiger partial charge in [-0.05, 0) is 18.8 Å². The van der Waals surface area contributed by atoms with Gasteiger partial charge in [-0.1, -0.05) is 40.0 Å². The van der Waals surface area contributed by atoms with E-state index in [2.05, 4.69) is 26.3 Å². The first-order chi connectivity index (χ1) is 7.76. The number of nitrogens with one attached hydrogen (secondary N) is 1. The number of hydrogen-bond donors (Lipinski definition) is 2. The van der Waals surface area contributed by atoms with Crippen molar-refractivity contribution in [1.82, 2.24) is 5.48 Å². The van der Waals surface area contributed by atoms with Crippen LogP contribution in [0.4, 0.5) is 0 Å². The van der Waals surface area contributed by atoms with Crippen molar-refractivity contribution in [1.29, 1.82) is 0 Å². The maximum atomic E-state index is 8.36. The molecule has 0 bridgehead atoms. The minimum Gasteiger partial charge on any atom is -0.483 e. The first-order valence-electron chi connectivity index (χ1n) is 6.19. The van der Waals surface area contributed by atoms with Gasteiger partial charge in [-0.25, -0.2) is 5.48 Å². The second-order valence-electron chi connectivity index (χ2n) is 3.73. The molecule has 4 nitrogen and oxygen atoms in total. The standard InChI is InChI=1S/C11H25NO.CH2O2/c1-4-7-8-11(6-3)10-13-12-9-5-2;2-1-3/h11-12H,4-10H2,1-3H3;1H,(H,2,3).